The molecule has 0 amide bonds. The first-order valence-corrected chi connectivity index (χ1v) is 15.9. The largest absolute Gasteiger partial charge is 0.456 e. The average molecular weight is 629 g/mol. The monoisotopic (exact) mass is 628 g/mol. The molecule has 2 atom stereocenters. The maximum atomic E-state index is 15.2. The van der Waals surface area contributed by atoms with Crippen molar-refractivity contribution in [2.45, 2.75) is 38.9 Å². The summed E-state index contributed by atoms with van der Waals surface area (Å²) in [5.74, 6) is -0.114. The Bertz CT molecular complexity index is 2190. The average Bonchev–Trinajstić information content (AvgIpc) is 3.46. The number of halogens is 1. The van der Waals surface area contributed by atoms with Crippen LogP contribution in [0.2, 0.25) is 0 Å². The van der Waals surface area contributed by atoms with Gasteiger partial charge in [0.1, 0.15) is 28.5 Å². The Morgan fingerprint density at radius 2 is 1.89 bits per heavy atom. The topological polar surface area (TPSA) is 97.0 Å². The first kappa shape index (κ1) is 30.5. The Kier molecular flexibility index (Phi) is 8.41. The number of fused-ring (bicyclic) bond motifs is 4. The van der Waals surface area contributed by atoms with Crippen molar-refractivity contribution in [1.29, 1.82) is 0 Å². The number of nitrogens with one attached hydrogen (secondary N) is 3. The second-order valence-electron chi connectivity index (χ2n) is 12.2. The fourth-order valence-corrected chi connectivity index (χ4v) is 6.47. The highest BCUT2D eigenvalue weighted by Crippen LogP contribution is 2.32. The second-order valence-corrected chi connectivity index (χ2v) is 12.2. The zero-order chi connectivity index (χ0) is 32.5. The molecular formula is C38H37FN6O2. The molecule has 7 rings (SSSR count). The minimum atomic E-state index is -0.411. The molecule has 3 N–H and O–H groups in total. The molecule has 6 aromatic rings. The Morgan fingerprint density at radius 1 is 1.04 bits per heavy atom. The molecule has 0 spiro atoms. The van der Waals surface area contributed by atoms with Crippen molar-refractivity contribution in [3.63, 3.8) is 0 Å². The molecule has 0 fully saturated rings. The quantitative estimate of drug-likeness (QED) is 0.139. The Hall–Kier alpha value is -5.12. The maximum absolute atomic E-state index is 15.2. The molecule has 9 heteroatoms. The van der Waals surface area contributed by atoms with E-state index in [1.165, 1.54) is 23.4 Å². The molecule has 0 saturated heterocycles. The summed E-state index contributed by atoms with van der Waals surface area (Å²) in [4.78, 5) is 23.0. The van der Waals surface area contributed by atoms with Crippen molar-refractivity contribution in [3.05, 3.63) is 129 Å². The number of furan rings is 1. The molecule has 0 bridgehead atoms. The van der Waals surface area contributed by atoms with Gasteiger partial charge >= 0.3 is 0 Å². The highest BCUT2D eigenvalue weighted by atomic mass is 19.1. The van der Waals surface area contributed by atoms with Crippen molar-refractivity contribution >= 4 is 33.7 Å². The molecule has 3 aromatic carbocycles. The van der Waals surface area contributed by atoms with Gasteiger partial charge < -0.3 is 20.4 Å². The van der Waals surface area contributed by atoms with Gasteiger partial charge in [-0.25, -0.2) is 9.37 Å². The minimum Gasteiger partial charge on any atom is -0.456 e. The molecule has 0 saturated carbocycles. The first-order valence-electron chi connectivity index (χ1n) is 15.9. The highest BCUT2D eigenvalue weighted by Gasteiger charge is 2.21. The first-order chi connectivity index (χ1) is 22.9. The van der Waals surface area contributed by atoms with Crippen LogP contribution in [0.3, 0.4) is 0 Å². The van der Waals surface area contributed by atoms with Crippen LogP contribution in [0.25, 0.3) is 39.4 Å². The number of rotatable bonds is 10. The second kappa shape index (κ2) is 12.9. The van der Waals surface area contributed by atoms with Gasteiger partial charge in [-0.3, -0.25) is 14.3 Å². The van der Waals surface area contributed by atoms with Gasteiger partial charge in [-0.05, 0) is 86.0 Å². The number of aromatic nitrogens is 3. The van der Waals surface area contributed by atoms with Crippen LogP contribution in [0.5, 0.6) is 0 Å². The van der Waals surface area contributed by atoms with Crippen LogP contribution < -0.4 is 21.5 Å². The van der Waals surface area contributed by atoms with Crippen molar-refractivity contribution in [2.24, 2.45) is 0 Å². The lowest BCUT2D eigenvalue weighted by molar-refractivity contribution is 0.553. The third-order valence-corrected chi connectivity index (χ3v) is 8.99. The third-order valence-electron chi connectivity index (χ3n) is 8.99. The number of benzene rings is 3. The van der Waals surface area contributed by atoms with Crippen LogP contribution in [0.1, 0.15) is 47.7 Å². The summed E-state index contributed by atoms with van der Waals surface area (Å²) in [7, 11) is 1.97. The van der Waals surface area contributed by atoms with Gasteiger partial charge in [-0.2, -0.15) is 0 Å². The maximum Gasteiger partial charge on any atom is 0.277 e. The van der Waals surface area contributed by atoms with Crippen LogP contribution >= 0.6 is 0 Å². The van der Waals surface area contributed by atoms with E-state index in [-0.39, 0.29) is 17.6 Å². The van der Waals surface area contributed by atoms with Crippen molar-refractivity contribution in [2.75, 3.05) is 25.5 Å². The Labute approximate surface area is 272 Å². The number of nitrogens with zero attached hydrogens (tertiary/aromatic N) is 3. The van der Waals surface area contributed by atoms with Gasteiger partial charge in [0, 0.05) is 54.9 Å². The van der Waals surface area contributed by atoms with E-state index < -0.39 is 5.82 Å². The van der Waals surface area contributed by atoms with Crippen LogP contribution in [0, 0.1) is 12.7 Å². The number of pyridine rings is 1. The van der Waals surface area contributed by atoms with Gasteiger partial charge in [0.05, 0.1) is 11.8 Å². The van der Waals surface area contributed by atoms with E-state index in [0.29, 0.717) is 36.7 Å². The molecule has 47 heavy (non-hydrogen) atoms. The lowest BCUT2D eigenvalue weighted by Gasteiger charge is -2.25. The summed E-state index contributed by atoms with van der Waals surface area (Å²) in [6.07, 6.45) is 8.28. The SMILES string of the molecule is CNC1CC(CNCCn2c(-c3ccc(C)cc3F)ncc(N[C@H](C)c3ccc4oc5ccccc5c4c3)c2=O)=Cc2cnccc21. The van der Waals surface area contributed by atoms with Gasteiger partial charge in [-0.15, -0.1) is 0 Å². The molecular weight excluding hydrogens is 591 g/mol. The molecule has 1 aliphatic carbocycles. The van der Waals surface area contributed by atoms with Gasteiger partial charge in [0.2, 0.25) is 0 Å². The number of aryl methyl sites for hydroxylation is 1. The zero-order valence-electron chi connectivity index (χ0n) is 26.7. The lowest BCUT2D eigenvalue weighted by atomic mass is 9.89. The summed E-state index contributed by atoms with van der Waals surface area (Å²) >= 11 is 0. The lowest BCUT2D eigenvalue weighted by Crippen LogP contribution is -2.32. The predicted molar refractivity (Wildman–Crippen MR) is 186 cm³/mol. The van der Waals surface area contributed by atoms with Gasteiger partial charge in [0.25, 0.3) is 5.56 Å². The fraction of sp³-hybridized carbons (Fsp3) is 0.237. The molecule has 1 aliphatic rings. The van der Waals surface area contributed by atoms with Gasteiger partial charge in [-0.1, -0.05) is 42.0 Å². The molecule has 0 radical (unpaired) electrons. The van der Waals surface area contributed by atoms with E-state index in [0.717, 1.165) is 45.0 Å². The summed E-state index contributed by atoms with van der Waals surface area (Å²) in [6, 6.07) is 21.1. The fourth-order valence-electron chi connectivity index (χ4n) is 6.47. The number of anilines is 1. The van der Waals surface area contributed by atoms with Crippen molar-refractivity contribution in [3.8, 4) is 11.4 Å². The standard InChI is InChI=1S/C38H37FN6O2/c1-23-8-10-30(32(39)16-23)37-43-22-34(44-24(2)26-9-11-36-31(19-26)29-6-4-5-7-35(29)47-36)38(46)45(37)15-14-42-20-25-17-27-21-41-13-12-28(27)33(18-25)40-3/h4-13,16-17,19,21-22,24,33,40,42,44H,14-15,18,20H2,1-3H3/t24-,33?/m1/s1. The van der Waals surface area contributed by atoms with E-state index in [4.69, 9.17) is 4.42 Å². The van der Waals surface area contributed by atoms with Crippen molar-refractivity contribution < 1.29 is 8.81 Å². The van der Waals surface area contributed by atoms with Crippen LogP contribution in [-0.4, -0.2) is 34.7 Å². The number of hydrogen-bond acceptors (Lipinski definition) is 7. The van der Waals surface area contributed by atoms with E-state index in [9.17, 15) is 4.79 Å². The van der Waals surface area contributed by atoms with Crippen molar-refractivity contribution in [1.82, 2.24) is 25.2 Å². The molecule has 1 unspecified atom stereocenters. The summed E-state index contributed by atoms with van der Waals surface area (Å²) in [5, 5.41) is 12.3. The van der Waals surface area contributed by atoms with E-state index in [1.807, 2.05) is 75.8 Å². The molecule has 8 nitrogen and oxygen atoms in total. The summed E-state index contributed by atoms with van der Waals surface area (Å²) < 4.78 is 22.8. The molecule has 3 aromatic heterocycles. The normalized spacial score (nSPS) is 15.1. The molecule has 0 aliphatic heterocycles. The smallest absolute Gasteiger partial charge is 0.277 e. The highest BCUT2D eigenvalue weighted by molar-refractivity contribution is 6.05. The van der Waals surface area contributed by atoms with Crippen LogP contribution in [0.15, 0.2) is 100 Å². The number of para-hydroxylation sites is 1. The third kappa shape index (κ3) is 6.07. The van der Waals surface area contributed by atoms with E-state index >= 15 is 4.39 Å². The zero-order valence-corrected chi connectivity index (χ0v) is 26.7. The Balaban J connectivity index is 1.14. The van der Waals surface area contributed by atoms with E-state index in [1.54, 1.807) is 10.6 Å². The summed E-state index contributed by atoms with van der Waals surface area (Å²) in [5.41, 5.74) is 7.43. The van der Waals surface area contributed by atoms with E-state index in [2.05, 4.69) is 44.1 Å². The molecule has 238 valence electrons. The summed E-state index contributed by atoms with van der Waals surface area (Å²) in [6.45, 7) is 5.30. The Morgan fingerprint density at radius 3 is 2.74 bits per heavy atom. The van der Waals surface area contributed by atoms with Crippen LogP contribution in [-0.2, 0) is 6.54 Å². The van der Waals surface area contributed by atoms with Gasteiger partial charge in [0.15, 0.2) is 0 Å². The van der Waals surface area contributed by atoms with Crippen LogP contribution in [0.4, 0.5) is 10.1 Å². The predicted octanol–water partition coefficient (Wildman–Crippen LogP) is 7.16. The molecule has 3 heterocycles. The number of hydrogen-bond donors (Lipinski definition) is 3. The minimum absolute atomic E-state index is 0.202.